The highest BCUT2D eigenvalue weighted by atomic mass is 16.5. The lowest BCUT2D eigenvalue weighted by Gasteiger charge is -2.29. The van der Waals surface area contributed by atoms with Crippen LogP contribution in [0.2, 0.25) is 0 Å². The topological polar surface area (TPSA) is 90.6 Å². The van der Waals surface area contributed by atoms with Gasteiger partial charge in [-0.3, -0.25) is 4.79 Å². The molecule has 7 nitrogen and oxygen atoms in total. The van der Waals surface area contributed by atoms with Gasteiger partial charge in [0.25, 0.3) is 5.91 Å². The molecule has 1 aliphatic rings. The third-order valence-corrected chi connectivity index (χ3v) is 4.59. The number of methoxy groups -OCH3 is 2. The molecule has 1 amide bonds. The number of fused-ring (bicyclic) bond motifs is 1. The Balaban J connectivity index is 1.92. The average Bonchev–Trinajstić information content (AvgIpc) is 2.61. The van der Waals surface area contributed by atoms with Crippen LogP contribution < -0.4 is 15.4 Å². The Labute approximate surface area is 146 Å². The van der Waals surface area contributed by atoms with E-state index in [4.69, 9.17) is 15.2 Å². The zero-order chi connectivity index (χ0) is 18.2. The second-order valence-electron chi connectivity index (χ2n) is 6.39. The van der Waals surface area contributed by atoms with Gasteiger partial charge in [-0.1, -0.05) is 12.1 Å². The van der Waals surface area contributed by atoms with Crippen molar-refractivity contribution in [3.63, 3.8) is 0 Å². The fourth-order valence-corrected chi connectivity index (χ4v) is 2.87. The molecule has 2 heterocycles. The molecule has 0 saturated heterocycles. The van der Waals surface area contributed by atoms with Crippen LogP contribution in [-0.2, 0) is 16.8 Å². The van der Waals surface area contributed by atoms with Crippen LogP contribution >= 0.6 is 0 Å². The largest absolute Gasteiger partial charge is 0.467 e. The molecule has 1 aromatic heterocycles. The minimum absolute atomic E-state index is 0.147. The van der Waals surface area contributed by atoms with Crippen LogP contribution in [0.15, 0.2) is 24.3 Å². The van der Waals surface area contributed by atoms with Crippen LogP contribution in [0.5, 0.6) is 6.01 Å². The number of ether oxygens (including phenoxy) is 2. The molecule has 0 fully saturated rings. The van der Waals surface area contributed by atoms with Crippen molar-refractivity contribution in [1.29, 1.82) is 0 Å². The van der Waals surface area contributed by atoms with E-state index in [0.29, 0.717) is 24.2 Å². The lowest BCUT2D eigenvalue weighted by molar-refractivity contribution is 0.0192. The standard InChI is InChI=1S/C18H22N4O3/c1-18(2,25-4)11-5-7-12(8-6-11)22-10-9-13-14(16(22)23)15(19)21-17(20-13)24-3/h5-8H,9-10H2,1-4H3,(H2,19,20,21). The minimum Gasteiger partial charge on any atom is -0.467 e. The molecule has 7 heteroatoms. The van der Waals surface area contributed by atoms with Gasteiger partial charge in [0.2, 0.25) is 0 Å². The summed E-state index contributed by atoms with van der Waals surface area (Å²) in [5, 5.41) is 0. The van der Waals surface area contributed by atoms with Crippen molar-refractivity contribution < 1.29 is 14.3 Å². The number of aromatic nitrogens is 2. The highest BCUT2D eigenvalue weighted by molar-refractivity contribution is 6.10. The summed E-state index contributed by atoms with van der Waals surface area (Å²) in [5.74, 6) is -0.0474. The van der Waals surface area contributed by atoms with E-state index in [9.17, 15) is 4.79 Å². The molecule has 0 spiro atoms. The zero-order valence-corrected chi connectivity index (χ0v) is 14.9. The number of nitrogen functional groups attached to an aromatic ring is 1. The highest BCUT2D eigenvalue weighted by Crippen LogP contribution is 2.30. The van der Waals surface area contributed by atoms with Crippen molar-refractivity contribution in [2.75, 3.05) is 31.4 Å². The summed E-state index contributed by atoms with van der Waals surface area (Å²) in [5.41, 5.74) is 8.40. The van der Waals surface area contributed by atoms with Gasteiger partial charge >= 0.3 is 6.01 Å². The van der Waals surface area contributed by atoms with E-state index < -0.39 is 0 Å². The highest BCUT2D eigenvalue weighted by Gasteiger charge is 2.30. The van der Waals surface area contributed by atoms with E-state index in [1.165, 1.54) is 7.11 Å². The number of carbonyl (C=O) groups is 1. The molecule has 0 atom stereocenters. The summed E-state index contributed by atoms with van der Waals surface area (Å²) in [6, 6.07) is 7.95. The van der Waals surface area contributed by atoms with E-state index in [-0.39, 0.29) is 23.3 Å². The van der Waals surface area contributed by atoms with Gasteiger partial charge in [0.1, 0.15) is 11.4 Å². The van der Waals surface area contributed by atoms with Gasteiger partial charge in [-0.25, -0.2) is 0 Å². The fraction of sp³-hybridized carbons (Fsp3) is 0.389. The van der Waals surface area contributed by atoms with E-state index in [1.54, 1.807) is 12.0 Å². The maximum atomic E-state index is 12.9. The van der Waals surface area contributed by atoms with Crippen LogP contribution in [0.3, 0.4) is 0 Å². The SMILES string of the molecule is COc1nc(N)c2c(n1)CCN(c1ccc(C(C)(C)OC)cc1)C2=O. The molecule has 2 N–H and O–H groups in total. The fourth-order valence-electron chi connectivity index (χ4n) is 2.87. The average molecular weight is 342 g/mol. The Morgan fingerprint density at radius 1 is 1.16 bits per heavy atom. The Morgan fingerprint density at radius 2 is 1.84 bits per heavy atom. The molecular formula is C18H22N4O3. The molecule has 25 heavy (non-hydrogen) atoms. The van der Waals surface area contributed by atoms with Crippen molar-refractivity contribution in [2.24, 2.45) is 0 Å². The maximum absolute atomic E-state index is 12.9. The molecular weight excluding hydrogens is 320 g/mol. The Morgan fingerprint density at radius 3 is 2.44 bits per heavy atom. The lowest BCUT2D eigenvalue weighted by atomic mass is 9.97. The number of hydrogen-bond acceptors (Lipinski definition) is 6. The van der Waals surface area contributed by atoms with Gasteiger partial charge in [0.15, 0.2) is 0 Å². The van der Waals surface area contributed by atoms with Crippen LogP contribution in [0.4, 0.5) is 11.5 Å². The minimum atomic E-state index is -0.383. The molecule has 0 bridgehead atoms. The van der Waals surface area contributed by atoms with E-state index in [1.807, 2.05) is 38.1 Å². The zero-order valence-electron chi connectivity index (χ0n) is 14.9. The van der Waals surface area contributed by atoms with Crippen LogP contribution in [0, 0.1) is 0 Å². The number of rotatable bonds is 4. The Kier molecular flexibility index (Phi) is 4.34. The number of hydrogen-bond donors (Lipinski definition) is 1. The third kappa shape index (κ3) is 3.02. The van der Waals surface area contributed by atoms with E-state index >= 15 is 0 Å². The summed E-state index contributed by atoms with van der Waals surface area (Å²) in [6.07, 6.45) is 0.593. The van der Waals surface area contributed by atoms with E-state index in [2.05, 4.69) is 9.97 Å². The van der Waals surface area contributed by atoms with Gasteiger partial charge in [0.05, 0.1) is 18.4 Å². The van der Waals surface area contributed by atoms with E-state index in [0.717, 1.165) is 11.3 Å². The van der Waals surface area contributed by atoms with Crippen LogP contribution in [0.1, 0.15) is 35.5 Å². The number of carbonyl (C=O) groups excluding carboxylic acids is 1. The molecule has 132 valence electrons. The summed E-state index contributed by atoms with van der Waals surface area (Å²) in [6.45, 7) is 4.52. The first kappa shape index (κ1) is 17.2. The normalized spacial score (nSPS) is 14.4. The van der Waals surface area contributed by atoms with Gasteiger partial charge in [-0.15, -0.1) is 0 Å². The molecule has 3 rings (SSSR count). The first-order valence-corrected chi connectivity index (χ1v) is 8.05. The van der Waals surface area contributed by atoms with Crippen molar-refractivity contribution in [1.82, 2.24) is 9.97 Å². The first-order valence-electron chi connectivity index (χ1n) is 8.05. The van der Waals surface area contributed by atoms with Gasteiger partial charge in [-0.05, 0) is 31.5 Å². The number of nitrogens with two attached hydrogens (primary N) is 1. The Bertz CT molecular complexity index is 803. The second-order valence-corrected chi connectivity index (χ2v) is 6.39. The van der Waals surface area contributed by atoms with Crippen molar-refractivity contribution in [3.05, 3.63) is 41.1 Å². The molecule has 0 aliphatic carbocycles. The number of nitrogens with zero attached hydrogens (tertiary/aromatic N) is 3. The molecule has 1 aliphatic heterocycles. The van der Waals surface area contributed by atoms with Crippen LogP contribution in [-0.4, -0.2) is 36.6 Å². The number of benzene rings is 1. The summed E-state index contributed by atoms with van der Waals surface area (Å²) in [4.78, 5) is 22.8. The predicted molar refractivity (Wildman–Crippen MR) is 94.9 cm³/mol. The lowest BCUT2D eigenvalue weighted by Crippen LogP contribution is -2.39. The molecule has 0 radical (unpaired) electrons. The summed E-state index contributed by atoms with van der Waals surface area (Å²) in [7, 11) is 3.15. The van der Waals surface area contributed by atoms with Crippen molar-refractivity contribution >= 4 is 17.4 Å². The molecule has 2 aromatic rings. The van der Waals surface area contributed by atoms with Gasteiger partial charge < -0.3 is 20.1 Å². The Hall–Kier alpha value is -2.67. The quantitative estimate of drug-likeness (QED) is 0.915. The molecule has 1 aromatic carbocycles. The first-order chi connectivity index (χ1) is 11.9. The van der Waals surface area contributed by atoms with Crippen molar-refractivity contribution in [3.8, 4) is 6.01 Å². The van der Waals surface area contributed by atoms with Crippen LogP contribution in [0.25, 0.3) is 0 Å². The van der Waals surface area contributed by atoms with Gasteiger partial charge in [-0.2, -0.15) is 9.97 Å². The second kappa shape index (κ2) is 6.33. The summed E-state index contributed by atoms with van der Waals surface area (Å²) >= 11 is 0. The number of amides is 1. The maximum Gasteiger partial charge on any atom is 0.318 e. The molecule has 0 saturated carbocycles. The van der Waals surface area contributed by atoms with Crippen molar-refractivity contribution in [2.45, 2.75) is 25.9 Å². The van der Waals surface area contributed by atoms with Gasteiger partial charge in [0, 0.05) is 25.8 Å². The molecule has 0 unspecified atom stereocenters. The monoisotopic (exact) mass is 342 g/mol. The smallest absolute Gasteiger partial charge is 0.318 e. The number of anilines is 2. The third-order valence-electron chi connectivity index (χ3n) is 4.59. The summed E-state index contributed by atoms with van der Waals surface area (Å²) < 4.78 is 10.5. The predicted octanol–water partition coefficient (Wildman–Crippen LogP) is 2.15.